The fraction of sp³-hybridized carbons (Fsp3) is 0.357. The van der Waals surface area contributed by atoms with E-state index in [1.165, 1.54) is 0 Å². The summed E-state index contributed by atoms with van der Waals surface area (Å²) in [4.78, 5) is 13.5. The lowest BCUT2D eigenvalue weighted by molar-refractivity contribution is 0.679. The van der Waals surface area contributed by atoms with Gasteiger partial charge < -0.3 is 4.57 Å². The molecule has 0 aliphatic heterocycles. The van der Waals surface area contributed by atoms with Crippen molar-refractivity contribution in [3.8, 4) is 0 Å². The van der Waals surface area contributed by atoms with Gasteiger partial charge in [0.25, 0.3) is 0 Å². The number of aryl methyl sites for hydroxylation is 4. The molecule has 0 saturated carbocycles. The molecular weight excluding hydrogens is 292 g/mol. The molecule has 4 nitrogen and oxygen atoms in total. The molecule has 3 aromatic rings. The Balaban J connectivity index is 1.93. The second-order valence-corrected chi connectivity index (χ2v) is 6.01. The molecule has 3 rings (SSSR count). The molecule has 0 aliphatic rings. The van der Waals surface area contributed by atoms with E-state index in [4.69, 9.17) is 11.6 Å². The molecular formula is C14H15ClN4S. The van der Waals surface area contributed by atoms with E-state index >= 15 is 0 Å². The number of halogens is 1. The molecule has 0 atom stereocenters. The predicted octanol–water partition coefficient (Wildman–Crippen LogP) is 3.49. The number of hydrogen-bond donors (Lipinski definition) is 0. The van der Waals surface area contributed by atoms with Crippen molar-refractivity contribution < 1.29 is 0 Å². The Morgan fingerprint density at radius 2 is 2.15 bits per heavy atom. The normalized spacial score (nSPS) is 11.3. The average molecular weight is 307 g/mol. The quantitative estimate of drug-likeness (QED) is 0.693. The molecule has 104 valence electrons. The number of nitrogens with zero attached hydrogens (tertiary/aromatic N) is 4. The maximum absolute atomic E-state index is 6.01. The Kier molecular flexibility index (Phi) is 3.72. The van der Waals surface area contributed by atoms with Gasteiger partial charge in [0.05, 0.1) is 10.9 Å². The van der Waals surface area contributed by atoms with Gasteiger partial charge in [-0.25, -0.2) is 15.0 Å². The Morgan fingerprint density at radius 3 is 2.85 bits per heavy atom. The molecule has 3 heterocycles. The van der Waals surface area contributed by atoms with E-state index in [0.29, 0.717) is 5.88 Å². The van der Waals surface area contributed by atoms with Crippen molar-refractivity contribution in [2.45, 2.75) is 32.7 Å². The highest BCUT2D eigenvalue weighted by Crippen LogP contribution is 2.18. The fourth-order valence-corrected chi connectivity index (χ4v) is 3.19. The van der Waals surface area contributed by atoms with Crippen LogP contribution in [0.2, 0.25) is 0 Å². The summed E-state index contributed by atoms with van der Waals surface area (Å²) in [7, 11) is 0. The van der Waals surface area contributed by atoms with Crippen LogP contribution in [0.3, 0.4) is 0 Å². The highest BCUT2D eigenvalue weighted by molar-refractivity contribution is 7.09. The maximum Gasteiger partial charge on any atom is 0.160 e. The third-order valence-electron chi connectivity index (χ3n) is 3.14. The van der Waals surface area contributed by atoms with E-state index in [1.54, 1.807) is 11.3 Å². The zero-order valence-corrected chi connectivity index (χ0v) is 13.0. The van der Waals surface area contributed by atoms with Gasteiger partial charge in [-0.1, -0.05) is 0 Å². The van der Waals surface area contributed by atoms with Crippen LogP contribution in [0.25, 0.3) is 11.2 Å². The lowest BCUT2D eigenvalue weighted by Crippen LogP contribution is -2.06. The summed E-state index contributed by atoms with van der Waals surface area (Å²) >= 11 is 7.70. The van der Waals surface area contributed by atoms with Crippen LogP contribution in [0, 0.1) is 13.8 Å². The third kappa shape index (κ3) is 2.55. The molecule has 0 unspecified atom stereocenters. The first-order valence-electron chi connectivity index (χ1n) is 6.46. The van der Waals surface area contributed by atoms with Crippen LogP contribution in [-0.2, 0) is 18.8 Å². The zero-order valence-electron chi connectivity index (χ0n) is 11.4. The molecule has 3 aromatic heterocycles. The summed E-state index contributed by atoms with van der Waals surface area (Å²) in [6.07, 6.45) is 2.75. The van der Waals surface area contributed by atoms with Gasteiger partial charge in [-0.2, -0.15) is 0 Å². The van der Waals surface area contributed by atoms with Crippen molar-refractivity contribution in [1.29, 1.82) is 0 Å². The van der Waals surface area contributed by atoms with E-state index in [1.807, 2.05) is 26.1 Å². The van der Waals surface area contributed by atoms with Gasteiger partial charge in [-0.05, 0) is 25.5 Å². The summed E-state index contributed by atoms with van der Waals surface area (Å²) in [5, 5.41) is 3.21. The number of alkyl halides is 1. The third-order valence-corrected chi connectivity index (χ3v) is 4.40. The minimum atomic E-state index is 0.395. The first-order chi connectivity index (χ1) is 9.67. The summed E-state index contributed by atoms with van der Waals surface area (Å²) in [5.41, 5.74) is 4.00. The molecule has 0 aromatic carbocycles. The van der Waals surface area contributed by atoms with Gasteiger partial charge in [0.1, 0.15) is 11.3 Å². The van der Waals surface area contributed by atoms with Crippen LogP contribution in [0.5, 0.6) is 0 Å². The predicted molar refractivity (Wildman–Crippen MR) is 82.4 cm³/mol. The molecule has 0 aliphatic carbocycles. The average Bonchev–Trinajstić information content (AvgIpc) is 2.99. The van der Waals surface area contributed by atoms with Crippen molar-refractivity contribution in [2.24, 2.45) is 0 Å². The van der Waals surface area contributed by atoms with Gasteiger partial charge in [0.15, 0.2) is 5.65 Å². The molecule has 0 bridgehead atoms. The van der Waals surface area contributed by atoms with E-state index in [2.05, 4.69) is 24.9 Å². The Morgan fingerprint density at radius 1 is 1.30 bits per heavy atom. The van der Waals surface area contributed by atoms with Gasteiger partial charge in [0, 0.05) is 30.2 Å². The monoisotopic (exact) mass is 306 g/mol. The minimum absolute atomic E-state index is 0.395. The number of pyridine rings is 1. The molecule has 20 heavy (non-hydrogen) atoms. The van der Waals surface area contributed by atoms with E-state index < -0.39 is 0 Å². The number of rotatable bonds is 4. The smallest absolute Gasteiger partial charge is 0.160 e. The summed E-state index contributed by atoms with van der Waals surface area (Å²) < 4.78 is 2.10. The summed E-state index contributed by atoms with van der Waals surface area (Å²) in [6, 6.07) is 2.04. The number of aromatic nitrogens is 4. The maximum atomic E-state index is 6.01. The van der Waals surface area contributed by atoms with E-state index in [-0.39, 0.29) is 0 Å². The SMILES string of the molecule is Cc1cnc2c(c1)nc(CCl)n2CCc1nc(C)cs1. The van der Waals surface area contributed by atoms with Crippen molar-refractivity contribution in [1.82, 2.24) is 19.5 Å². The Hall–Kier alpha value is -1.46. The number of imidazole rings is 1. The second-order valence-electron chi connectivity index (χ2n) is 4.80. The first-order valence-corrected chi connectivity index (χ1v) is 7.87. The highest BCUT2D eigenvalue weighted by Gasteiger charge is 2.12. The largest absolute Gasteiger partial charge is 0.311 e. The van der Waals surface area contributed by atoms with Crippen LogP contribution in [0.4, 0.5) is 0 Å². The molecule has 6 heteroatoms. The number of thiazole rings is 1. The lowest BCUT2D eigenvalue weighted by Gasteiger charge is -2.05. The van der Waals surface area contributed by atoms with Crippen molar-refractivity contribution >= 4 is 34.1 Å². The van der Waals surface area contributed by atoms with Gasteiger partial charge in [0.2, 0.25) is 0 Å². The van der Waals surface area contributed by atoms with Gasteiger partial charge >= 0.3 is 0 Å². The van der Waals surface area contributed by atoms with Crippen LogP contribution in [0.1, 0.15) is 22.1 Å². The van der Waals surface area contributed by atoms with Gasteiger partial charge in [-0.3, -0.25) is 0 Å². The number of fused-ring (bicyclic) bond motifs is 1. The van der Waals surface area contributed by atoms with Crippen LogP contribution in [-0.4, -0.2) is 19.5 Å². The standard InChI is InChI=1S/C14H15ClN4S/c1-9-5-11-14(16-7-9)19(12(6-15)18-11)4-3-13-17-10(2)8-20-13/h5,7-8H,3-4,6H2,1-2H3. The van der Waals surface area contributed by atoms with Gasteiger partial charge in [-0.15, -0.1) is 22.9 Å². The molecule has 0 amide bonds. The van der Waals surface area contributed by atoms with E-state index in [9.17, 15) is 0 Å². The topological polar surface area (TPSA) is 43.6 Å². The first kappa shape index (κ1) is 13.5. The Bertz CT molecular complexity index is 747. The van der Waals surface area contributed by atoms with Crippen LogP contribution >= 0.6 is 22.9 Å². The molecule has 0 fully saturated rings. The Labute approximate surface area is 126 Å². The highest BCUT2D eigenvalue weighted by atomic mass is 35.5. The molecule has 0 N–H and O–H groups in total. The lowest BCUT2D eigenvalue weighted by atomic mass is 10.3. The molecule has 0 spiro atoms. The van der Waals surface area contributed by atoms with Crippen LogP contribution in [0.15, 0.2) is 17.6 Å². The fourth-order valence-electron chi connectivity index (χ4n) is 2.22. The van der Waals surface area contributed by atoms with E-state index in [0.717, 1.165) is 46.2 Å². The summed E-state index contributed by atoms with van der Waals surface area (Å²) in [6.45, 7) is 4.84. The number of hydrogen-bond acceptors (Lipinski definition) is 4. The minimum Gasteiger partial charge on any atom is -0.311 e. The van der Waals surface area contributed by atoms with Crippen LogP contribution < -0.4 is 0 Å². The van der Waals surface area contributed by atoms with Crippen molar-refractivity contribution in [3.63, 3.8) is 0 Å². The molecule has 0 radical (unpaired) electrons. The molecule has 0 saturated heterocycles. The van der Waals surface area contributed by atoms with Crippen molar-refractivity contribution in [2.75, 3.05) is 0 Å². The summed E-state index contributed by atoms with van der Waals surface area (Å²) in [5.74, 6) is 1.26. The van der Waals surface area contributed by atoms with Crippen molar-refractivity contribution in [3.05, 3.63) is 39.7 Å². The second kappa shape index (κ2) is 5.50. The zero-order chi connectivity index (χ0) is 14.1.